The molecule has 0 unspecified atom stereocenters. The maximum absolute atomic E-state index is 12.2. The van der Waals surface area contributed by atoms with Crippen LogP contribution in [0.15, 0.2) is 12.4 Å². The lowest BCUT2D eigenvalue weighted by Gasteiger charge is -2.22. The monoisotopic (exact) mass is 269 g/mol. The van der Waals surface area contributed by atoms with E-state index in [-0.39, 0.29) is 11.0 Å². The fraction of sp³-hybridized carbons (Fsp3) is 0.375. The fourth-order valence-electron chi connectivity index (χ4n) is 1.08. The predicted molar refractivity (Wildman–Crippen MR) is 52.9 cm³/mol. The van der Waals surface area contributed by atoms with Crippen molar-refractivity contribution in [3.8, 4) is 0 Å². The van der Waals surface area contributed by atoms with Crippen LogP contribution in [0.5, 0.6) is 0 Å². The summed E-state index contributed by atoms with van der Waals surface area (Å²) in [6.07, 6.45) is -2.39. The molecule has 0 radical (unpaired) electrons. The summed E-state index contributed by atoms with van der Waals surface area (Å²) in [5.74, 6) is -1.65. The van der Waals surface area contributed by atoms with Gasteiger partial charge in [0, 0.05) is 0 Å². The molecule has 17 heavy (non-hydrogen) atoms. The van der Waals surface area contributed by atoms with E-state index in [4.69, 9.17) is 16.7 Å². The second kappa shape index (κ2) is 5.17. The van der Waals surface area contributed by atoms with Gasteiger partial charge in [0.1, 0.15) is 24.1 Å². The van der Waals surface area contributed by atoms with Crippen molar-refractivity contribution in [2.24, 2.45) is 0 Å². The molecule has 0 aliphatic rings. The standard InChI is InChI=1S/C8H7ClF3N3O2/c9-5-1-13-2-6(14-5)15(3-7(16)17)4-8(10,11)12/h1-2H,3-4H2,(H,16,17). The Morgan fingerprint density at radius 2 is 2.12 bits per heavy atom. The van der Waals surface area contributed by atoms with Gasteiger partial charge in [-0.25, -0.2) is 4.98 Å². The molecule has 0 bridgehead atoms. The van der Waals surface area contributed by atoms with E-state index in [9.17, 15) is 18.0 Å². The molecule has 0 fully saturated rings. The van der Waals surface area contributed by atoms with Crippen molar-refractivity contribution in [2.45, 2.75) is 6.18 Å². The highest BCUT2D eigenvalue weighted by Crippen LogP contribution is 2.20. The Morgan fingerprint density at radius 3 is 2.59 bits per heavy atom. The average molecular weight is 270 g/mol. The quantitative estimate of drug-likeness (QED) is 0.899. The van der Waals surface area contributed by atoms with Gasteiger partial charge in [-0.3, -0.25) is 9.78 Å². The molecule has 0 aliphatic carbocycles. The van der Waals surface area contributed by atoms with Crippen LogP contribution in [0.4, 0.5) is 19.0 Å². The van der Waals surface area contributed by atoms with Crippen LogP contribution in [0.2, 0.25) is 5.15 Å². The Bertz CT molecular complexity index is 413. The number of alkyl halides is 3. The lowest BCUT2D eigenvalue weighted by atomic mass is 10.4. The molecule has 1 rings (SSSR count). The van der Waals surface area contributed by atoms with Gasteiger partial charge in [0.05, 0.1) is 12.4 Å². The molecule has 0 saturated carbocycles. The first-order valence-electron chi connectivity index (χ1n) is 4.29. The highest BCUT2D eigenvalue weighted by Gasteiger charge is 2.32. The van der Waals surface area contributed by atoms with Crippen molar-refractivity contribution >= 4 is 23.4 Å². The average Bonchev–Trinajstić information content (AvgIpc) is 2.13. The van der Waals surface area contributed by atoms with Crippen LogP contribution in [0.3, 0.4) is 0 Å². The molecule has 0 amide bonds. The molecular formula is C8H7ClF3N3O2. The van der Waals surface area contributed by atoms with Gasteiger partial charge < -0.3 is 10.0 Å². The number of anilines is 1. The van der Waals surface area contributed by atoms with E-state index in [1.54, 1.807) is 0 Å². The molecule has 1 aromatic rings. The number of carbonyl (C=O) groups is 1. The number of hydrogen-bond acceptors (Lipinski definition) is 4. The molecular weight excluding hydrogens is 263 g/mol. The van der Waals surface area contributed by atoms with Crippen LogP contribution < -0.4 is 4.90 Å². The summed E-state index contributed by atoms with van der Waals surface area (Å²) >= 11 is 5.47. The molecule has 0 aliphatic heterocycles. The van der Waals surface area contributed by atoms with Crippen LogP contribution in [-0.4, -0.2) is 40.3 Å². The normalized spacial score (nSPS) is 11.3. The lowest BCUT2D eigenvalue weighted by molar-refractivity contribution is -0.136. The van der Waals surface area contributed by atoms with Crippen LogP contribution in [0, 0.1) is 0 Å². The van der Waals surface area contributed by atoms with Gasteiger partial charge in [-0.05, 0) is 0 Å². The van der Waals surface area contributed by atoms with Crippen LogP contribution >= 0.6 is 11.6 Å². The van der Waals surface area contributed by atoms with E-state index in [0.29, 0.717) is 4.90 Å². The molecule has 5 nitrogen and oxygen atoms in total. The van der Waals surface area contributed by atoms with Crippen molar-refractivity contribution in [3.05, 3.63) is 17.5 Å². The summed E-state index contributed by atoms with van der Waals surface area (Å²) in [5, 5.41) is 8.41. The van der Waals surface area contributed by atoms with Gasteiger partial charge >= 0.3 is 12.1 Å². The molecule has 1 heterocycles. The van der Waals surface area contributed by atoms with E-state index >= 15 is 0 Å². The van der Waals surface area contributed by atoms with Gasteiger partial charge in [-0.1, -0.05) is 11.6 Å². The molecule has 9 heteroatoms. The molecule has 1 N–H and O–H groups in total. The molecule has 0 spiro atoms. The summed E-state index contributed by atoms with van der Waals surface area (Å²) in [6, 6.07) is 0. The Balaban J connectivity index is 2.93. The molecule has 0 atom stereocenters. The zero-order valence-electron chi connectivity index (χ0n) is 8.28. The molecule has 0 aromatic carbocycles. The van der Waals surface area contributed by atoms with E-state index < -0.39 is 25.2 Å². The minimum absolute atomic E-state index is 0.111. The highest BCUT2D eigenvalue weighted by molar-refractivity contribution is 6.29. The van der Waals surface area contributed by atoms with E-state index in [2.05, 4.69) is 9.97 Å². The molecule has 94 valence electrons. The van der Waals surface area contributed by atoms with Gasteiger partial charge in [-0.2, -0.15) is 13.2 Å². The van der Waals surface area contributed by atoms with Crippen molar-refractivity contribution in [2.75, 3.05) is 18.0 Å². The van der Waals surface area contributed by atoms with Gasteiger partial charge in [-0.15, -0.1) is 0 Å². The van der Waals surface area contributed by atoms with E-state index in [1.807, 2.05) is 0 Å². The van der Waals surface area contributed by atoms with Gasteiger partial charge in [0.2, 0.25) is 0 Å². The minimum atomic E-state index is -4.54. The summed E-state index contributed by atoms with van der Waals surface area (Å²) in [5.41, 5.74) is 0. The number of hydrogen-bond donors (Lipinski definition) is 1. The van der Waals surface area contributed by atoms with E-state index in [0.717, 1.165) is 12.4 Å². The zero-order chi connectivity index (χ0) is 13.1. The van der Waals surface area contributed by atoms with Gasteiger partial charge in [0.15, 0.2) is 0 Å². The summed E-state index contributed by atoms with van der Waals surface area (Å²) in [6.45, 7) is -2.27. The maximum Gasteiger partial charge on any atom is 0.405 e. The third kappa shape index (κ3) is 4.85. The van der Waals surface area contributed by atoms with Crippen LogP contribution in [0.1, 0.15) is 0 Å². The topological polar surface area (TPSA) is 66.3 Å². The second-order valence-electron chi connectivity index (χ2n) is 3.06. The molecule has 0 saturated heterocycles. The van der Waals surface area contributed by atoms with Crippen molar-refractivity contribution in [3.63, 3.8) is 0 Å². The Kier molecular flexibility index (Phi) is 4.11. The largest absolute Gasteiger partial charge is 0.480 e. The third-order valence-corrected chi connectivity index (χ3v) is 1.79. The number of rotatable bonds is 4. The number of aromatic nitrogens is 2. The van der Waals surface area contributed by atoms with E-state index in [1.165, 1.54) is 0 Å². The summed E-state index contributed by atoms with van der Waals surface area (Å²) in [4.78, 5) is 18.1. The number of carboxylic acid groups (broad SMARTS) is 1. The Hall–Kier alpha value is -1.57. The number of carboxylic acids is 1. The van der Waals surface area contributed by atoms with Crippen LogP contribution in [-0.2, 0) is 4.79 Å². The second-order valence-corrected chi connectivity index (χ2v) is 3.45. The number of nitrogens with zero attached hydrogens (tertiary/aromatic N) is 3. The van der Waals surface area contributed by atoms with Gasteiger partial charge in [0.25, 0.3) is 0 Å². The molecule has 1 aromatic heterocycles. The summed E-state index contributed by atoms with van der Waals surface area (Å²) in [7, 11) is 0. The van der Waals surface area contributed by atoms with Crippen molar-refractivity contribution in [1.29, 1.82) is 0 Å². The van der Waals surface area contributed by atoms with Crippen molar-refractivity contribution < 1.29 is 23.1 Å². The SMILES string of the molecule is O=C(O)CN(CC(F)(F)F)c1cncc(Cl)n1. The smallest absolute Gasteiger partial charge is 0.405 e. The number of halogens is 4. The Labute approximate surface area is 98.8 Å². The maximum atomic E-state index is 12.2. The third-order valence-electron chi connectivity index (χ3n) is 1.61. The summed E-state index contributed by atoms with van der Waals surface area (Å²) < 4.78 is 36.7. The first-order chi connectivity index (χ1) is 7.78. The Morgan fingerprint density at radius 1 is 1.47 bits per heavy atom. The first kappa shape index (κ1) is 13.5. The minimum Gasteiger partial charge on any atom is -0.480 e. The van der Waals surface area contributed by atoms with Crippen molar-refractivity contribution in [1.82, 2.24) is 9.97 Å². The first-order valence-corrected chi connectivity index (χ1v) is 4.67. The highest BCUT2D eigenvalue weighted by atomic mass is 35.5. The zero-order valence-corrected chi connectivity index (χ0v) is 9.03. The lowest BCUT2D eigenvalue weighted by Crippen LogP contribution is -2.38. The van der Waals surface area contributed by atoms with Crippen LogP contribution in [0.25, 0.3) is 0 Å². The predicted octanol–water partition coefficient (Wildman–Crippen LogP) is 1.58. The number of aliphatic carboxylic acids is 1. The fourth-order valence-corrected chi connectivity index (χ4v) is 1.23.